The molecule has 0 saturated heterocycles. The number of hydrogen-bond acceptors (Lipinski definition) is 4. The van der Waals surface area contributed by atoms with Gasteiger partial charge >= 0.3 is 0 Å². The lowest BCUT2D eigenvalue weighted by Crippen LogP contribution is -2.14. The Balaban J connectivity index is 1.57. The van der Waals surface area contributed by atoms with Crippen LogP contribution in [-0.4, -0.2) is 23.9 Å². The quantitative estimate of drug-likeness (QED) is 0.608. The molecule has 3 aromatic rings. The predicted molar refractivity (Wildman–Crippen MR) is 115 cm³/mol. The number of halogens is 2. The summed E-state index contributed by atoms with van der Waals surface area (Å²) in [6.45, 7) is 4.57. The number of rotatable bonds is 6. The van der Waals surface area contributed by atoms with Gasteiger partial charge in [0.2, 0.25) is 0 Å². The van der Waals surface area contributed by atoms with Gasteiger partial charge in [0.05, 0.1) is 23.3 Å². The number of benzene rings is 2. The van der Waals surface area contributed by atoms with Gasteiger partial charge in [0.15, 0.2) is 0 Å². The maximum atomic E-state index is 13.4. The van der Waals surface area contributed by atoms with Crippen LogP contribution in [0.3, 0.4) is 0 Å². The van der Waals surface area contributed by atoms with Crippen LogP contribution in [0.15, 0.2) is 64.8 Å². The molecule has 0 aliphatic carbocycles. The first-order chi connectivity index (χ1) is 14.7. The van der Waals surface area contributed by atoms with Gasteiger partial charge in [-0.05, 0) is 55.8 Å². The number of nitrogens with one attached hydrogen (secondary N) is 1. The molecule has 31 heavy (non-hydrogen) atoms. The van der Waals surface area contributed by atoms with Crippen LogP contribution in [0.5, 0.6) is 0 Å². The lowest BCUT2D eigenvalue weighted by atomic mass is 10.0. The molecule has 0 bridgehead atoms. The highest BCUT2D eigenvalue weighted by atomic mass is 32.2. The summed E-state index contributed by atoms with van der Waals surface area (Å²) >= 11 is 0. The van der Waals surface area contributed by atoms with Crippen LogP contribution in [-0.2, 0) is 16.6 Å². The molecule has 160 valence electrons. The van der Waals surface area contributed by atoms with Gasteiger partial charge < -0.3 is 0 Å². The molecule has 2 aromatic carbocycles. The minimum atomic E-state index is -4.15. The highest BCUT2D eigenvalue weighted by Crippen LogP contribution is 2.26. The van der Waals surface area contributed by atoms with Crippen molar-refractivity contribution in [2.45, 2.75) is 31.3 Å². The van der Waals surface area contributed by atoms with Crippen molar-refractivity contribution in [2.75, 3.05) is 4.72 Å². The van der Waals surface area contributed by atoms with Gasteiger partial charge in [0.1, 0.15) is 11.6 Å². The van der Waals surface area contributed by atoms with E-state index < -0.39 is 26.6 Å². The minimum absolute atomic E-state index is 0.258. The van der Waals surface area contributed by atoms with E-state index in [4.69, 9.17) is 0 Å². The van der Waals surface area contributed by atoms with Crippen molar-refractivity contribution in [3.63, 3.8) is 0 Å². The van der Waals surface area contributed by atoms with E-state index in [0.717, 1.165) is 28.8 Å². The molecule has 0 unspecified atom stereocenters. The molecule has 2 heterocycles. The number of aromatic nitrogens is 2. The Labute approximate surface area is 179 Å². The van der Waals surface area contributed by atoms with Crippen molar-refractivity contribution in [3.05, 3.63) is 83.2 Å². The molecule has 1 N–H and O–H groups in total. The summed E-state index contributed by atoms with van der Waals surface area (Å²) in [4.78, 5) is 4.02. The smallest absolute Gasteiger partial charge is 0.262 e. The van der Waals surface area contributed by atoms with Crippen molar-refractivity contribution in [1.29, 1.82) is 0 Å². The van der Waals surface area contributed by atoms with Crippen molar-refractivity contribution in [1.82, 2.24) is 9.78 Å². The molecular weight excluding hydrogens is 422 g/mol. The molecule has 0 spiro atoms. The van der Waals surface area contributed by atoms with Crippen molar-refractivity contribution in [2.24, 2.45) is 4.99 Å². The van der Waals surface area contributed by atoms with Crippen LogP contribution in [0.1, 0.15) is 36.6 Å². The average molecular weight is 442 g/mol. The monoisotopic (exact) mass is 442 g/mol. The molecule has 0 fully saturated rings. The van der Waals surface area contributed by atoms with Crippen LogP contribution >= 0.6 is 0 Å². The topological polar surface area (TPSA) is 76.3 Å². The van der Waals surface area contributed by atoms with E-state index in [-0.39, 0.29) is 11.7 Å². The third-order valence-corrected chi connectivity index (χ3v) is 6.15. The molecule has 0 radical (unpaired) electrons. The molecule has 0 atom stereocenters. The third kappa shape index (κ3) is 4.56. The van der Waals surface area contributed by atoms with Crippen molar-refractivity contribution in [3.8, 4) is 0 Å². The Morgan fingerprint density at radius 2 is 1.84 bits per heavy atom. The van der Waals surface area contributed by atoms with Gasteiger partial charge in [0, 0.05) is 35.1 Å². The molecule has 1 aliphatic heterocycles. The third-order valence-electron chi connectivity index (χ3n) is 4.79. The number of sulfonamides is 1. The van der Waals surface area contributed by atoms with E-state index in [9.17, 15) is 17.2 Å². The maximum Gasteiger partial charge on any atom is 0.262 e. The van der Waals surface area contributed by atoms with Gasteiger partial charge in [0.25, 0.3) is 10.0 Å². The lowest BCUT2D eigenvalue weighted by molar-refractivity contribution is 0.532. The second kappa shape index (κ2) is 8.07. The van der Waals surface area contributed by atoms with E-state index in [1.54, 1.807) is 24.4 Å². The average Bonchev–Trinajstić information content (AvgIpc) is 3.32. The van der Waals surface area contributed by atoms with Crippen LogP contribution < -0.4 is 4.72 Å². The fourth-order valence-electron chi connectivity index (χ4n) is 3.21. The Hall–Kier alpha value is -3.33. The summed E-state index contributed by atoms with van der Waals surface area (Å²) < 4.78 is 56.2. The first-order valence-electron chi connectivity index (χ1n) is 9.60. The molecule has 1 aromatic heterocycles. The van der Waals surface area contributed by atoms with E-state index in [1.807, 2.05) is 36.9 Å². The van der Waals surface area contributed by atoms with E-state index in [1.165, 1.54) is 0 Å². The first-order valence-corrected chi connectivity index (χ1v) is 11.1. The Bertz CT molecular complexity index is 1290. The zero-order valence-corrected chi connectivity index (χ0v) is 17.7. The number of fused-ring (bicyclic) bond motifs is 1. The Morgan fingerprint density at radius 1 is 1.10 bits per heavy atom. The Morgan fingerprint density at radius 3 is 2.52 bits per heavy atom. The van der Waals surface area contributed by atoms with Crippen LogP contribution in [0.2, 0.25) is 0 Å². The van der Waals surface area contributed by atoms with Gasteiger partial charge in [-0.1, -0.05) is 6.07 Å². The molecule has 0 amide bonds. The molecule has 9 heteroatoms. The Kier molecular flexibility index (Phi) is 5.45. The fraction of sp³-hybridized carbons (Fsp3) is 0.182. The van der Waals surface area contributed by atoms with Crippen molar-refractivity contribution >= 4 is 27.5 Å². The number of aliphatic imine (C=N–C) groups is 1. The van der Waals surface area contributed by atoms with Crippen LogP contribution in [0.25, 0.3) is 6.08 Å². The lowest BCUT2D eigenvalue weighted by Gasteiger charge is -2.10. The van der Waals surface area contributed by atoms with Crippen LogP contribution in [0.4, 0.5) is 14.5 Å². The second-order valence-electron chi connectivity index (χ2n) is 7.46. The minimum Gasteiger partial charge on any atom is -0.280 e. The number of hydrogen-bond donors (Lipinski definition) is 1. The number of allylic oxidation sites excluding steroid dienone is 1. The normalized spacial score (nSPS) is 13.6. The van der Waals surface area contributed by atoms with Gasteiger partial charge in [-0.3, -0.25) is 14.4 Å². The maximum absolute atomic E-state index is 13.4. The molecular formula is C22H20F2N4O2S. The molecule has 6 nitrogen and oxygen atoms in total. The molecule has 1 aliphatic rings. The fourth-order valence-corrected chi connectivity index (χ4v) is 4.30. The summed E-state index contributed by atoms with van der Waals surface area (Å²) in [6, 6.07) is 7.46. The standard InChI is InChI=1S/C22H20F2N4O2S/c1-14(2)28-13-15(11-26-28)3-6-22-21-10-19(5-4-16(21)12-25-22)27-31(29,30)20-8-17(23)7-18(24)9-20/h3-11,13-14,27H,12H2,1-2H3/b6-3+. The second-order valence-corrected chi connectivity index (χ2v) is 9.15. The summed E-state index contributed by atoms with van der Waals surface area (Å²) in [5, 5.41) is 4.30. The number of anilines is 1. The van der Waals surface area contributed by atoms with E-state index >= 15 is 0 Å². The van der Waals surface area contributed by atoms with Crippen molar-refractivity contribution < 1.29 is 17.2 Å². The van der Waals surface area contributed by atoms with Gasteiger partial charge in [-0.15, -0.1) is 0 Å². The SMILES string of the molecule is CC(C)n1cc(/C=C/C2=NCc3ccc(NS(=O)(=O)c4cc(F)cc(F)c4)cc32)cn1. The zero-order chi connectivity index (χ0) is 22.2. The van der Waals surface area contributed by atoms with Gasteiger partial charge in [-0.2, -0.15) is 5.10 Å². The summed E-state index contributed by atoms with van der Waals surface area (Å²) in [5.41, 5.74) is 3.66. The highest BCUT2D eigenvalue weighted by molar-refractivity contribution is 7.92. The highest BCUT2D eigenvalue weighted by Gasteiger charge is 2.19. The summed E-state index contributed by atoms with van der Waals surface area (Å²) in [6.07, 6.45) is 7.44. The van der Waals surface area contributed by atoms with E-state index in [0.29, 0.717) is 18.3 Å². The van der Waals surface area contributed by atoms with E-state index in [2.05, 4.69) is 14.8 Å². The first kappa shape index (κ1) is 20.9. The number of nitrogens with zero attached hydrogens (tertiary/aromatic N) is 3. The largest absolute Gasteiger partial charge is 0.280 e. The molecule has 0 saturated carbocycles. The summed E-state index contributed by atoms with van der Waals surface area (Å²) in [7, 11) is -4.15. The molecule has 4 rings (SSSR count). The summed E-state index contributed by atoms with van der Waals surface area (Å²) in [5.74, 6) is -1.93. The van der Waals surface area contributed by atoms with Crippen LogP contribution in [0, 0.1) is 11.6 Å². The predicted octanol–water partition coefficient (Wildman–Crippen LogP) is 4.56. The van der Waals surface area contributed by atoms with Gasteiger partial charge in [-0.25, -0.2) is 17.2 Å². The zero-order valence-electron chi connectivity index (χ0n) is 16.9.